The topological polar surface area (TPSA) is 74.1 Å². The van der Waals surface area contributed by atoms with E-state index in [0.29, 0.717) is 29.6 Å². The number of piperazine rings is 1. The molecule has 0 radical (unpaired) electrons. The van der Waals surface area contributed by atoms with E-state index in [9.17, 15) is 4.79 Å². The van der Waals surface area contributed by atoms with Gasteiger partial charge in [-0.15, -0.1) is 0 Å². The van der Waals surface area contributed by atoms with E-state index in [-0.39, 0.29) is 5.91 Å². The van der Waals surface area contributed by atoms with Gasteiger partial charge in [0, 0.05) is 51.7 Å². The van der Waals surface area contributed by atoms with Crippen LogP contribution in [0.4, 0.5) is 0 Å². The lowest BCUT2D eigenvalue weighted by Crippen LogP contribution is -2.52. The second kappa shape index (κ2) is 9.30. The summed E-state index contributed by atoms with van der Waals surface area (Å²) >= 11 is 0. The predicted molar refractivity (Wildman–Crippen MR) is 111 cm³/mol. The fourth-order valence-corrected chi connectivity index (χ4v) is 4.17. The first-order chi connectivity index (χ1) is 13.5. The van der Waals surface area contributed by atoms with Gasteiger partial charge in [0.05, 0.1) is 24.2 Å². The number of amides is 1. The number of piperidine rings is 1. The van der Waals surface area contributed by atoms with Gasteiger partial charge >= 0.3 is 0 Å². The van der Waals surface area contributed by atoms with Crippen molar-refractivity contribution in [2.75, 3.05) is 53.4 Å². The zero-order valence-corrected chi connectivity index (χ0v) is 17.1. The van der Waals surface area contributed by atoms with Crippen LogP contribution >= 0.6 is 0 Å². The number of likely N-dealkylation sites (tertiary alicyclic amines) is 1. The number of hydrogen-bond acceptors (Lipinski definition) is 6. The van der Waals surface area contributed by atoms with E-state index in [4.69, 9.17) is 10.5 Å². The zero-order valence-electron chi connectivity index (χ0n) is 17.1. The molecule has 1 aliphatic carbocycles. The largest absolute Gasteiger partial charge is 0.499 e. The smallest absolute Gasteiger partial charge is 0.247 e. The molecule has 3 aliphatic rings. The summed E-state index contributed by atoms with van der Waals surface area (Å²) in [7, 11) is 3.82. The summed E-state index contributed by atoms with van der Waals surface area (Å²) in [4.78, 5) is 19.3. The zero-order chi connectivity index (χ0) is 20.1. The lowest BCUT2D eigenvalue weighted by atomic mass is 10.0. The second-order valence-corrected chi connectivity index (χ2v) is 7.68. The maximum Gasteiger partial charge on any atom is 0.247 e. The summed E-state index contributed by atoms with van der Waals surface area (Å²) < 4.78 is 5.41. The number of nitrogens with one attached hydrogen (secondary N) is 1. The highest BCUT2D eigenvalue weighted by Crippen LogP contribution is 2.27. The third-order valence-corrected chi connectivity index (χ3v) is 5.93. The molecule has 154 valence electrons. The average Bonchev–Trinajstić information content (AvgIpc) is 2.86. The van der Waals surface area contributed by atoms with E-state index in [0.717, 1.165) is 57.8 Å². The molecular weight excluding hydrogens is 354 g/mol. The summed E-state index contributed by atoms with van der Waals surface area (Å²) in [6, 6.07) is 0.643. The molecule has 7 nitrogen and oxygen atoms in total. The first kappa shape index (κ1) is 20.5. The molecule has 0 saturated carbocycles. The molecule has 0 spiro atoms. The Labute approximate surface area is 168 Å². The lowest BCUT2D eigenvalue weighted by molar-refractivity contribution is -0.115. The van der Waals surface area contributed by atoms with Crippen LogP contribution < -0.4 is 11.1 Å². The van der Waals surface area contributed by atoms with Crippen LogP contribution in [0.2, 0.25) is 0 Å². The standard InChI is InChI=1S/C21H33N5O2/c1-4-21(27)23-18-15-17(22)20(28-3)6-5-19(18)26-9-7-16(8-10-26)25-13-11-24(2)12-14-25/h4-5,15-16H,1,6-14,22H2,2-3H3,(H,23,27). The number of methoxy groups -OCH3 is 1. The van der Waals surface area contributed by atoms with Crippen LogP contribution in [0.25, 0.3) is 0 Å². The Kier molecular flexibility index (Phi) is 6.80. The van der Waals surface area contributed by atoms with Gasteiger partial charge in [0.15, 0.2) is 0 Å². The number of carbonyl (C=O) groups is 1. The number of ether oxygens (including phenoxy) is 1. The molecule has 1 amide bonds. The van der Waals surface area contributed by atoms with Gasteiger partial charge in [0.1, 0.15) is 5.76 Å². The van der Waals surface area contributed by atoms with Gasteiger partial charge in [-0.2, -0.15) is 0 Å². The van der Waals surface area contributed by atoms with Gasteiger partial charge in [0.25, 0.3) is 0 Å². The Bertz CT molecular complexity index is 681. The number of nitrogens with zero attached hydrogens (tertiary/aromatic N) is 3. The van der Waals surface area contributed by atoms with E-state index in [1.165, 1.54) is 6.08 Å². The highest BCUT2D eigenvalue weighted by molar-refractivity contribution is 5.89. The van der Waals surface area contributed by atoms with Crippen LogP contribution in [-0.4, -0.2) is 80.1 Å². The number of carbonyl (C=O) groups excluding carboxylic acids is 1. The Morgan fingerprint density at radius 3 is 2.54 bits per heavy atom. The second-order valence-electron chi connectivity index (χ2n) is 7.68. The van der Waals surface area contributed by atoms with Crippen LogP contribution in [0.5, 0.6) is 0 Å². The third-order valence-electron chi connectivity index (χ3n) is 5.93. The molecule has 0 unspecified atom stereocenters. The van der Waals surface area contributed by atoms with E-state index in [1.807, 2.05) is 0 Å². The Hall–Kier alpha value is -2.25. The van der Waals surface area contributed by atoms with Gasteiger partial charge in [0.2, 0.25) is 5.91 Å². The minimum atomic E-state index is -0.238. The van der Waals surface area contributed by atoms with Crippen molar-refractivity contribution >= 4 is 5.91 Å². The number of hydrogen-bond donors (Lipinski definition) is 2. The Morgan fingerprint density at radius 1 is 1.25 bits per heavy atom. The summed E-state index contributed by atoms with van der Waals surface area (Å²) in [5.41, 5.74) is 8.43. The molecule has 0 atom stereocenters. The maximum absolute atomic E-state index is 11.9. The molecule has 2 fully saturated rings. The summed E-state index contributed by atoms with van der Waals surface area (Å²) in [6.45, 7) is 10.1. The molecule has 2 aliphatic heterocycles. The van der Waals surface area contributed by atoms with E-state index in [1.54, 1.807) is 13.2 Å². The van der Waals surface area contributed by atoms with E-state index < -0.39 is 0 Å². The van der Waals surface area contributed by atoms with Gasteiger partial charge in [-0.3, -0.25) is 9.69 Å². The summed E-state index contributed by atoms with van der Waals surface area (Å²) in [6.07, 6.45) is 8.05. The average molecular weight is 388 g/mol. The van der Waals surface area contributed by atoms with Gasteiger partial charge in [-0.1, -0.05) is 12.7 Å². The predicted octanol–water partition coefficient (Wildman–Crippen LogP) is 0.989. The minimum Gasteiger partial charge on any atom is -0.499 e. The number of likely N-dealkylation sites (N-methyl/N-ethyl adjacent to an activating group) is 1. The fraction of sp³-hybridized carbons (Fsp3) is 0.571. The SMILES string of the molecule is C=CC(=O)NC1=CC(N)=C(OC)CC=C1N1CCC(N2CCN(C)CC2)CC1. The highest BCUT2D eigenvalue weighted by Gasteiger charge is 2.29. The molecule has 3 rings (SSSR count). The number of rotatable bonds is 5. The summed E-state index contributed by atoms with van der Waals surface area (Å²) in [5, 5.41) is 2.92. The Balaban J connectivity index is 1.69. The quantitative estimate of drug-likeness (QED) is 0.686. The van der Waals surface area contributed by atoms with Crippen molar-refractivity contribution in [2.24, 2.45) is 5.73 Å². The van der Waals surface area contributed by atoms with Crippen molar-refractivity contribution in [3.63, 3.8) is 0 Å². The van der Waals surface area contributed by atoms with E-state index >= 15 is 0 Å². The van der Waals surface area contributed by atoms with Crippen molar-refractivity contribution in [1.82, 2.24) is 20.0 Å². The Morgan fingerprint density at radius 2 is 1.93 bits per heavy atom. The first-order valence-electron chi connectivity index (χ1n) is 10.1. The third kappa shape index (κ3) is 4.77. The molecule has 28 heavy (non-hydrogen) atoms. The van der Waals surface area contributed by atoms with Crippen molar-refractivity contribution < 1.29 is 9.53 Å². The van der Waals surface area contributed by atoms with Crippen molar-refractivity contribution in [2.45, 2.75) is 25.3 Å². The van der Waals surface area contributed by atoms with Gasteiger partial charge in [-0.05, 0) is 32.0 Å². The molecular formula is C21H33N5O2. The van der Waals surface area contributed by atoms with Crippen LogP contribution in [0.15, 0.2) is 47.7 Å². The lowest BCUT2D eigenvalue weighted by Gasteiger charge is -2.43. The van der Waals surface area contributed by atoms with E-state index in [2.05, 4.69) is 39.7 Å². The molecule has 0 aromatic rings. The van der Waals surface area contributed by atoms with Gasteiger partial charge < -0.3 is 25.6 Å². The minimum absolute atomic E-state index is 0.238. The van der Waals surface area contributed by atoms with Gasteiger partial charge in [-0.25, -0.2) is 0 Å². The van der Waals surface area contributed by atoms with Crippen molar-refractivity contribution in [3.8, 4) is 0 Å². The van der Waals surface area contributed by atoms with Crippen molar-refractivity contribution in [3.05, 3.63) is 47.7 Å². The number of nitrogens with two attached hydrogens (primary N) is 1. The van der Waals surface area contributed by atoms with Crippen LogP contribution in [-0.2, 0) is 9.53 Å². The molecule has 2 heterocycles. The molecule has 0 bridgehead atoms. The normalized spacial score (nSPS) is 23.0. The first-order valence-corrected chi connectivity index (χ1v) is 10.1. The maximum atomic E-state index is 11.9. The van der Waals surface area contributed by atoms with Crippen molar-refractivity contribution in [1.29, 1.82) is 0 Å². The molecule has 0 aromatic heterocycles. The molecule has 2 saturated heterocycles. The molecule has 7 heteroatoms. The van der Waals surface area contributed by atoms with Crippen LogP contribution in [0.3, 0.4) is 0 Å². The highest BCUT2D eigenvalue weighted by atomic mass is 16.5. The summed E-state index contributed by atoms with van der Waals surface area (Å²) in [5.74, 6) is 0.478. The van der Waals surface area contributed by atoms with Crippen LogP contribution in [0.1, 0.15) is 19.3 Å². The molecule has 0 aromatic carbocycles. The monoisotopic (exact) mass is 387 g/mol. The fourth-order valence-electron chi connectivity index (χ4n) is 4.17. The van der Waals surface area contributed by atoms with Crippen LogP contribution in [0, 0.1) is 0 Å². The number of allylic oxidation sites excluding steroid dienone is 2. The molecule has 3 N–H and O–H groups in total.